The minimum absolute atomic E-state index is 0. The molecule has 1 N–H and O–H groups in total. The van der Waals surface area contributed by atoms with E-state index >= 15 is 0 Å². The minimum atomic E-state index is 0. The number of hydrogen-bond donors (Lipinski definition) is 1. The van der Waals surface area contributed by atoms with Gasteiger partial charge in [0.05, 0.1) is 0 Å². The molecule has 0 saturated carbocycles. The van der Waals surface area contributed by atoms with Gasteiger partial charge in [-0.3, -0.25) is 0 Å². The molecule has 0 fully saturated rings. The second kappa shape index (κ2) is 11.3. The van der Waals surface area contributed by atoms with Crippen molar-refractivity contribution in [1.29, 1.82) is 0 Å². The summed E-state index contributed by atoms with van der Waals surface area (Å²) in [5, 5.41) is 11.4. The molecule has 138 valence electrons. The Morgan fingerprint density at radius 3 is 2.60 bits per heavy atom. The van der Waals surface area contributed by atoms with Crippen LogP contribution in [-0.4, -0.2) is 45.5 Å². The van der Waals surface area contributed by atoms with E-state index in [9.17, 15) is 0 Å². The molecule has 2 aromatic rings. The van der Waals surface area contributed by atoms with Gasteiger partial charge in [-0.1, -0.05) is 12.1 Å². The number of hydrogen-bond acceptors (Lipinski definition) is 4. The molecule has 0 aliphatic rings. The van der Waals surface area contributed by atoms with Crippen LogP contribution >= 0.6 is 35.7 Å². The summed E-state index contributed by atoms with van der Waals surface area (Å²) in [6.07, 6.45) is 3.83. The number of aromatic nitrogens is 3. The fourth-order valence-electron chi connectivity index (χ4n) is 2.36. The van der Waals surface area contributed by atoms with Crippen LogP contribution in [0.25, 0.3) is 0 Å². The Labute approximate surface area is 171 Å². The summed E-state index contributed by atoms with van der Waals surface area (Å²) in [6.45, 7) is 7.16. The van der Waals surface area contributed by atoms with Gasteiger partial charge in [0.15, 0.2) is 11.8 Å². The van der Waals surface area contributed by atoms with E-state index in [0.29, 0.717) is 6.54 Å². The zero-order valence-corrected chi connectivity index (χ0v) is 18.4. The summed E-state index contributed by atoms with van der Waals surface area (Å²) in [7, 11) is 2.05. The minimum Gasteiger partial charge on any atom is -0.357 e. The number of halogens is 1. The number of aliphatic imine (C=N–C) groups is 1. The third kappa shape index (κ3) is 6.50. The normalized spacial score (nSPS) is 11.1. The highest BCUT2D eigenvalue weighted by atomic mass is 127. The fourth-order valence-corrected chi connectivity index (χ4v) is 2.77. The number of guanidine groups is 1. The quantitative estimate of drug-likeness (QED) is 0.289. The molecule has 0 unspecified atom stereocenters. The van der Waals surface area contributed by atoms with Crippen LogP contribution < -0.4 is 5.32 Å². The number of nitrogens with one attached hydrogen (secondary N) is 1. The van der Waals surface area contributed by atoms with Gasteiger partial charge in [0.25, 0.3) is 0 Å². The monoisotopic (exact) mass is 474 g/mol. The zero-order valence-electron chi connectivity index (χ0n) is 15.3. The van der Waals surface area contributed by atoms with E-state index in [1.807, 2.05) is 4.57 Å². The molecule has 6 nitrogen and oxygen atoms in total. The highest BCUT2D eigenvalue weighted by molar-refractivity contribution is 14.0. The Morgan fingerprint density at radius 2 is 2.00 bits per heavy atom. The van der Waals surface area contributed by atoms with Crippen LogP contribution in [-0.2, 0) is 19.6 Å². The first-order valence-electron chi connectivity index (χ1n) is 8.17. The largest absolute Gasteiger partial charge is 0.357 e. The molecule has 0 aliphatic heterocycles. The molecular formula is C17H27IN6S. The number of thioether (sulfide) groups is 1. The lowest BCUT2D eigenvalue weighted by Crippen LogP contribution is -2.38. The van der Waals surface area contributed by atoms with Crippen LogP contribution in [0.4, 0.5) is 0 Å². The van der Waals surface area contributed by atoms with E-state index in [4.69, 9.17) is 4.99 Å². The van der Waals surface area contributed by atoms with Gasteiger partial charge in [-0.15, -0.1) is 45.9 Å². The first-order valence-corrected chi connectivity index (χ1v) is 9.39. The Hall–Kier alpha value is -1.29. The SMILES string of the molecule is CCNC(=NCc1nncn1CC)N(C)Cc1ccc(SC)cc1.I. The molecule has 25 heavy (non-hydrogen) atoms. The summed E-state index contributed by atoms with van der Waals surface area (Å²) < 4.78 is 2.01. The molecule has 0 spiro atoms. The maximum absolute atomic E-state index is 4.70. The first kappa shape index (κ1) is 21.8. The highest BCUT2D eigenvalue weighted by Gasteiger charge is 2.08. The van der Waals surface area contributed by atoms with Crippen LogP contribution in [0.15, 0.2) is 40.5 Å². The van der Waals surface area contributed by atoms with Gasteiger partial charge in [0.2, 0.25) is 0 Å². The van der Waals surface area contributed by atoms with Gasteiger partial charge in [-0.25, -0.2) is 4.99 Å². The van der Waals surface area contributed by atoms with E-state index in [1.165, 1.54) is 10.5 Å². The molecule has 0 aliphatic carbocycles. The van der Waals surface area contributed by atoms with Gasteiger partial charge in [0.1, 0.15) is 12.9 Å². The van der Waals surface area contributed by atoms with Gasteiger partial charge < -0.3 is 14.8 Å². The molecule has 0 atom stereocenters. The molecule has 1 aromatic carbocycles. The number of benzene rings is 1. The maximum Gasteiger partial charge on any atom is 0.194 e. The van der Waals surface area contributed by atoms with Gasteiger partial charge in [-0.2, -0.15) is 0 Å². The van der Waals surface area contributed by atoms with E-state index in [1.54, 1.807) is 18.1 Å². The van der Waals surface area contributed by atoms with E-state index in [2.05, 4.69) is 71.8 Å². The fraction of sp³-hybridized carbons (Fsp3) is 0.471. The summed E-state index contributed by atoms with van der Waals surface area (Å²) in [5.74, 6) is 1.75. The summed E-state index contributed by atoms with van der Waals surface area (Å²) in [5.41, 5.74) is 1.26. The van der Waals surface area contributed by atoms with Crippen molar-refractivity contribution in [1.82, 2.24) is 25.0 Å². The third-order valence-corrected chi connectivity index (χ3v) is 4.43. The predicted molar refractivity (Wildman–Crippen MR) is 116 cm³/mol. The lowest BCUT2D eigenvalue weighted by molar-refractivity contribution is 0.475. The zero-order chi connectivity index (χ0) is 17.4. The number of nitrogens with zero attached hydrogens (tertiary/aromatic N) is 5. The summed E-state index contributed by atoms with van der Waals surface area (Å²) in [4.78, 5) is 8.11. The maximum atomic E-state index is 4.70. The topological polar surface area (TPSA) is 58.3 Å². The van der Waals surface area contributed by atoms with Gasteiger partial charge in [0, 0.05) is 31.6 Å². The van der Waals surface area contributed by atoms with Crippen LogP contribution in [0.5, 0.6) is 0 Å². The van der Waals surface area contributed by atoms with E-state index < -0.39 is 0 Å². The van der Waals surface area contributed by atoms with Crippen molar-refractivity contribution >= 4 is 41.7 Å². The molecule has 0 saturated heterocycles. The number of aryl methyl sites for hydroxylation is 1. The Bertz CT molecular complexity index is 655. The van der Waals surface area contributed by atoms with E-state index in [-0.39, 0.29) is 24.0 Å². The second-order valence-corrected chi connectivity index (χ2v) is 6.29. The van der Waals surface area contributed by atoms with Crippen molar-refractivity contribution in [2.45, 2.75) is 38.4 Å². The van der Waals surface area contributed by atoms with Crippen molar-refractivity contribution < 1.29 is 0 Å². The molecule has 8 heteroatoms. The lowest BCUT2D eigenvalue weighted by Gasteiger charge is -2.22. The average molecular weight is 474 g/mol. The van der Waals surface area contributed by atoms with Gasteiger partial charge >= 0.3 is 0 Å². The highest BCUT2D eigenvalue weighted by Crippen LogP contribution is 2.15. The second-order valence-electron chi connectivity index (χ2n) is 5.41. The molecule has 0 amide bonds. The molecular weight excluding hydrogens is 447 g/mol. The smallest absolute Gasteiger partial charge is 0.194 e. The summed E-state index contributed by atoms with van der Waals surface area (Å²) in [6, 6.07) is 8.64. The third-order valence-electron chi connectivity index (χ3n) is 3.68. The molecule has 0 radical (unpaired) electrons. The van der Waals surface area contributed by atoms with Crippen molar-refractivity contribution in [2.24, 2.45) is 4.99 Å². The Morgan fingerprint density at radius 1 is 1.28 bits per heavy atom. The molecule has 1 aromatic heterocycles. The van der Waals surface area contributed by atoms with Crippen LogP contribution in [0.2, 0.25) is 0 Å². The van der Waals surface area contributed by atoms with Crippen molar-refractivity contribution in [3.63, 3.8) is 0 Å². The number of rotatable bonds is 7. The Balaban J connectivity index is 0.00000312. The molecule has 2 rings (SSSR count). The van der Waals surface area contributed by atoms with Gasteiger partial charge in [-0.05, 0) is 37.8 Å². The standard InChI is InChI=1S/C17H26N6S.HI/c1-5-18-17(19-11-16-21-20-13-23(16)6-2)22(3)12-14-7-9-15(24-4)10-8-14;/h7-10,13H,5-6,11-12H2,1-4H3,(H,18,19);1H. The van der Waals surface area contributed by atoms with Crippen molar-refractivity contribution in [3.05, 3.63) is 42.0 Å². The first-order chi connectivity index (χ1) is 11.7. The van der Waals surface area contributed by atoms with Crippen molar-refractivity contribution in [3.8, 4) is 0 Å². The van der Waals surface area contributed by atoms with Crippen LogP contribution in [0.1, 0.15) is 25.2 Å². The summed E-state index contributed by atoms with van der Waals surface area (Å²) >= 11 is 1.76. The Kier molecular flexibility index (Phi) is 9.88. The predicted octanol–water partition coefficient (Wildman–Crippen LogP) is 3.24. The molecule has 0 bridgehead atoms. The van der Waals surface area contributed by atoms with Crippen molar-refractivity contribution in [2.75, 3.05) is 19.8 Å². The molecule has 1 heterocycles. The van der Waals surface area contributed by atoms with Crippen LogP contribution in [0, 0.1) is 0 Å². The lowest BCUT2D eigenvalue weighted by atomic mass is 10.2. The van der Waals surface area contributed by atoms with E-state index in [0.717, 1.165) is 31.4 Å². The van der Waals surface area contributed by atoms with Crippen LogP contribution in [0.3, 0.4) is 0 Å². The average Bonchev–Trinajstić information content (AvgIpc) is 3.06.